The van der Waals surface area contributed by atoms with Gasteiger partial charge in [0.25, 0.3) is 0 Å². The Morgan fingerprint density at radius 1 is 1.45 bits per heavy atom. The van der Waals surface area contributed by atoms with Crippen LogP contribution in [0.4, 0.5) is 4.79 Å². The highest BCUT2D eigenvalue weighted by atomic mass is 32.1. The topological polar surface area (TPSA) is 79.7 Å². The van der Waals surface area contributed by atoms with Crippen LogP contribution in [0.1, 0.15) is 37.6 Å². The number of hydrogen-bond donors (Lipinski definition) is 1. The molecule has 1 N–H and O–H groups in total. The third kappa shape index (κ3) is 5.56. The fourth-order valence-corrected chi connectivity index (χ4v) is 2.33. The molecule has 0 atom stereocenters. The minimum absolute atomic E-state index is 0.193. The summed E-state index contributed by atoms with van der Waals surface area (Å²) in [6.45, 7) is 7.02. The molecule has 0 spiro atoms. The molecule has 1 aromatic heterocycles. The van der Waals surface area contributed by atoms with Crippen molar-refractivity contribution in [2.75, 3.05) is 6.54 Å². The molecule has 20 heavy (non-hydrogen) atoms. The van der Waals surface area contributed by atoms with Gasteiger partial charge in [0.05, 0.1) is 11.6 Å². The van der Waals surface area contributed by atoms with E-state index in [2.05, 4.69) is 4.98 Å². The summed E-state index contributed by atoms with van der Waals surface area (Å²) in [7, 11) is 0. The van der Waals surface area contributed by atoms with Crippen molar-refractivity contribution in [1.29, 1.82) is 0 Å². The van der Waals surface area contributed by atoms with Crippen LogP contribution in [-0.4, -0.2) is 39.2 Å². The minimum atomic E-state index is -1.07. The van der Waals surface area contributed by atoms with Crippen LogP contribution in [-0.2, 0) is 22.5 Å². The number of carboxylic acid groups (broad SMARTS) is 1. The van der Waals surface area contributed by atoms with Crippen molar-refractivity contribution in [2.24, 2.45) is 0 Å². The number of amides is 1. The van der Waals surface area contributed by atoms with Crippen molar-refractivity contribution in [3.05, 3.63) is 16.1 Å². The zero-order chi connectivity index (χ0) is 15.3. The minimum Gasteiger partial charge on any atom is -0.480 e. The first-order valence-electron chi connectivity index (χ1n) is 6.34. The highest BCUT2D eigenvalue weighted by molar-refractivity contribution is 7.11. The van der Waals surface area contributed by atoms with Gasteiger partial charge in [-0.15, -0.1) is 11.3 Å². The lowest BCUT2D eigenvalue weighted by Crippen LogP contribution is -2.39. The predicted octanol–water partition coefficient (Wildman–Crippen LogP) is 2.53. The molecule has 1 rings (SSSR count). The lowest BCUT2D eigenvalue weighted by atomic mass is 10.2. The van der Waals surface area contributed by atoms with E-state index in [0.29, 0.717) is 0 Å². The average molecular weight is 300 g/mol. The molecule has 0 unspecified atom stereocenters. The second kappa shape index (κ2) is 6.69. The lowest BCUT2D eigenvalue weighted by Gasteiger charge is -2.25. The van der Waals surface area contributed by atoms with Gasteiger partial charge in [-0.2, -0.15) is 0 Å². The Morgan fingerprint density at radius 2 is 2.10 bits per heavy atom. The van der Waals surface area contributed by atoms with E-state index in [1.807, 2.05) is 6.92 Å². The van der Waals surface area contributed by atoms with Crippen molar-refractivity contribution in [2.45, 2.75) is 46.3 Å². The standard InChI is InChI=1S/C13H20N2O4S/c1-5-10-14-6-9(20-10)7-15(8-11(16)17)12(18)19-13(2,3)4/h6H,5,7-8H2,1-4H3,(H,16,17). The molecule has 0 radical (unpaired) electrons. The molecule has 1 amide bonds. The van der Waals surface area contributed by atoms with E-state index in [1.54, 1.807) is 27.0 Å². The monoisotopic (exact) mass is 300 g/mol. The smallest absolute Gasteiger partial charge is 0.411 e. The van der Waals surface area contributed by atoms with Gasteiger partial charge in [0, 0.05) is 11.1 Å². The van der Waals surface area contributed by atoms with Gasteiger partial charge in [0.2, 0.25) is 0 Å². The third-order valence-corrected chi connectivity index (χ3v) is 3.35. The van der Waals surface area contributed by atoms with Gasteiger partial charge < -0.3 is 9.84 Å². The zero-order valence-corrected chi connectivity index (χ0v) is 13.0. The average Bonchev–Trinajstić information content (AvgIpc) is 2.73. The predicted molar refractivity (Wildman–Crippen MR) is 75.8 cm³/mol. The number of carbonyl (C=O) groups is 2. The number of thiazole rings is 1. The molecular formula is C13H20N2O4S. The van der Waals surface area contributed by atoms with Crippen LogP contribution in [0.15, 0.2) is 6.20 Å². The molecule has 0 aliphatic carbocycles. The summed E-state index contributed by atoms with van der Waals surface area (Å²) >= 11 is 1.47. The number of aromatic nitrogens is 1. The van der Waals surface area contributed by atoms with Crippen LogP contribution >= 0.6 is 11.3 Å². The maximum absolute atomic E-state index is 12.0. The molecule has 7 heteroatoms. The summed E-state index contributed by atoms with van der Waals surface area (Å²) in [6, 6.07) is 0. The van der Waals surface area contributed by atoms with Crippen molar-refractivity contribution in [1.82, 2.24) is 9.88 Å². The summed E-state index contributed by atoms with van der Waals surface area (Å²) in [4.78, 5) is 29.1. The molecule has 112 valence electrons. The fourth-order valence-electron chi connectivity index (χ4n) is 1.45. The normalized spacial score (nSPS) is 11.2. The molecule has 1 heterocycles. The molecule has 0 saturated heterocycles. The first-order chi connectivity index (χ1) is 9.21. The van der Waals surface area contributed by atoms with E-state index in [1.165, 1.54) is 16.2 Å². The maximum Gasteiger partial charge on any atom is 0.411 e. The molecule has 0 aliphatic heterocycles. The van der Waals surface area contributed by atoms with E-state index >= 15 is 0 Å². The summed E-state index contributed by atoms with van der Waals surface area (Å²) in [5.74, 6) is -1.07. The zero-order valence-electron chi connectivity index (χ0n) is 12.2. The van der Waals surface area contributed by atoms with Crippen LogP contribution < -0.4 is 0 Å². The first kappa shape index (κ1) is 16.4. The highest BCUT2D eigenvalue weighted by Crippen LogP contribution is 2.17. The Balaban J connectivity index is 2.78. The lowest BCUT2D eigenvalue weighted by molar-refractivity contribution is -0.138. The summed E-state index contributed by atoms with van der Waals surface area (Å²) in [6.07, 6.45) is 1.85. The van der Waals surface area contributed by atoms with E-state index in [4.69, 9.17) is 9.84 Å². The van der Waals surface area contributed by atoms with Crippen molar-refractivity contribution >= 4 is 23.4 Å². The first-order valence-corrected chi connectivity index (χ1v) is 7.16. The number of nitrogens with zero attached hydrogens (tertiary/aromatic N) is 2. The number of aryl methyl sites for hydroxylation is 1. The summed E-state index contributed by atoms with van der Waals surface area (Å²) in [5.41, 5.74) is -0.657. The van der Waals surface area contributed by atoms with Gasteiger partial charge in [0.15, 0.2) is 0 Å². The Bertz CT molecular complexity index is 479. The second-order valence-corrected chi connectivity index (χ2v) is 6.50. The highest BCUT2D eigenvalue weighted by Gasteiger charge is 2.24. The van der Waals surface area contributed by atoms with Crippen molar-refractivity contribution < 1.29 is 19.4 Å². The molecule has 1 aromatic rings. The van der Waals surface area contributed by atoms with Gasteiger partial charge in [-0.1, -0.05) is 6.92 Å². The molecule has 0 fully saturated rings. The Morgan fingerprint density at radius 3 is 2.55 bits per heavy atom. The number of rotatable bonds is 5. The van der Waals surface area contributed by atoms with E-state index in [9.17, 15) is 9.59 Å². The van der Waals surface area contributed by atoms with Crippen LogP contribution in [0.25, 0.3) is 0 Å². The number of hydrogen-bond acceptors (Lipinski definition) is 5. The molecule has 0 bridgehead atoms. The summed E-state index contributed by atoms with van der Waals surface area (Å²) in [5, 5.41) is 9.86. The van der Waals surface area contributed by atoms with E-state index < -0.39 is 24.2 Å². The van der Waals surface area contributed by atoms with Gasteiger partial charge in [-0.05, 0) is 27.2 Å². The molecule has 0 aliphatic rings. The summed E-state index contributed by atoms with van der Waals surface area (Å²) < 4.78 is 5.21. The SMILES string of the molecule is CCc1ncc(CN(CC(=O)O)C(=O)OC(C)(C)C)s1. The van der Waals surface area contributed by atoms with E-state index in [0.717, 1.165) is 16.3 Å². The Hall–Kier alpha value is -1.63. The van der Waals surface area contributed by atoms with E-state index in [-0.39, 0.29) is 6.54 Å². The number of aliphatic carboxylic acids is 1. The van der Waals surface area contributed by atoms with Gasteiger partial charge in [-0.25, -0.2) is 9.78 Å². The third-order valence-electron chi connectivity index (χ3n) is 2.23. The van der Waals surface area contributed by atoms with Gasteiger partial charge in [0.1, 0.15) is 12.1 Å². The van der Waals surface area contributed by atoms with Crippen LogP contribution in [0.3, 0.4) is 0 Å². The quantitative estimate of drug-likeness (QED) is 0.904. The number of carboxylic acids is 1. The molecule has 6 nitrogen and oxygen atoms in total. The molecule has 0 saturated carbocycles. The second-order valence-electron chi connectivity index (χ2n) is 5.30. The van der Waals surface area contributed by atoms with Crippen LogP contribution in [0.5, 0.6) is 0 Å². The van der Waals surface area contributed by atoms with Gasteiger partial charge >= 0.3 is 12.1 Å². The number of ether oxygens (including phenoxy) is 1. The number of carbonyl (C=O) groups excluding carboxylic acids is 1. The largest absolute Gasteiger partial charge is 0.480 e. The van der Waals surface area contributed by atoms with Gasteiger partial charge in [-0.3, -0.25) is 9.69 Å². The molecule has 0 aromatic carbocycles. The van der Waals surface area contributed by atoms with Crippen LogP contribution in [0.2, 0.25) is 0 Å². The fraction of sp³-hybridized carbons (Fsp3) is 0.615. The molecular weight excluding hydrogens is 280 g/mol. The van der Waals surface area contributed by atoms with Crippen molar-refractivity contribution in [3.63, 3.8) is 0 Å². The Kier molecular flexibility index (Phi) is 5.50. The maximum atomic E-state index is 12.0. The Labute approximate surface area is 122 Å². The van der Waals surface area contributed by atoms with Crippen molar-refractivity contribution in [3.8, 4) is 0 Å². The van der Waals surface area contributed by atoms with Crippen LogP contribution in [0, 0.1) is 0 Å².